The van der Waals surface area contributed by atoms with Crippen molar-refractivity contribution in [1.82, 2.24) is 0 Å². The summed E-state index contributed by atoms with van der Waals surface area (Å²) in [4.78, 5) is 21.3. The molecule has 14 heavy (non-hydrogen) atoms. The lowest BCUT2D eigenvalue weighted by molar-refractivity contribution is 0.0694. The maximum Gasteiger partial charge on any atom is 0.336 e. The molecule has 0 saturated heterocycles. The van der Waals surface area contributed by atoms with Crippen LogP contribution in [0.3, 0.4) is 0 Å². The van der Waals surface area contributed by atoms with Crippen molar-refractivity contribution in [3.63, 3.8) is 0 Å². The van der Waals surface area contributed by atoms with Gasteiger partial charge in [-0.25, -0.2) is 9.18 Å². The van der Waals surface area contributed by atoms with Crippen LogP contribution in [0, 0.1) is 12.7 Å². The summed E-state index contributed by atoms with van der Waals surface area (Å²) in [6.07, 6.45) is 0. The Labute approximate surface area is 79.1 Å². The Kier molecular flexibility index (Phi) is 2.51. The number of carboxylic acid groups (broad SMARTS) is 1. The van der Waals surface area contributed by atoms with Crippen LogP contribution in [0.4, 0.5) is 4.39 Å². The Morgan fingerprint density at radius 1 is 1.36 bits per heavy atom. The highest BCUT2D eigenvalue weighted by atomic mass is 19.1. The molecular formula is C9H8FNO3. The fraction of sp³-hybridized carbons (Fsp3) is 0.111. The molecule has 0 aliphatic rings. The van der Waals surface area contributed by atoms with Gasteiger partial charge in [0.1, 0.15) is 5.82 Å². The molecule has 0 radical (unpaired) electrons. The summed E-state index contributed by atoms with van der Waals surface area (Å²) in [6.45, 7) is 1.28. The molecule has 0 unspecified atom stereocenters. The van der Waals surface area contributed by atoms with E-state index >= 15 is 0 Å². The third kappa shape index (κ3) is 1.56. The quantitative estimate of drug-likeness (QED) is 0.740. The number of carboxylic acids is 1. The van der Waals surface area contributed by atoms with Crippen LogP contribution in [-0.4, -0.2) is 17.0 Å². The average Bonchev–Trinajstić information content (AvgIpc) is 2.08. The second-order valence-electron chi connectivity index (χ2n) is 2.77. The zero-order chi connectivity index (χ0) is 10.9. The number of aromatic carboxylic acids is 1. The van der Waals surface area contributed by atoms with Gasteiger partial charge >= 0.3 is 5.97 Å². The molecule has 0 aliphatic heterocycles. The summed E-state index contributed by atoms with van der Waals surface area (Å²) in [5, 5.41) is 8.64. The molecule has 0 bridgehead atoms. The summed E-state index contributed by atoms with van der Waals surface area (Å²) in [6, 6.07) is 2.22. The van der Waals surface area contributed by atoms with E-state index in [1.54, 1.807) is 0 Å². The van der Waals surface area contributed by atoms with Crippen molar-refractivity contribution in [2.24, 2.45) is 5.73 Å². The first-order valence-corrected chi connectivity index (χ1v) is 3.77. The summed E-state index contributed by atoms with van der Waals surface area (Å²) in [7, 11) is 0. The van der Waals surface area contributed by atoms with Crippen molar-refractivity contribution >= 4 is 11.9 Å². The predicted molar refractivity (Wildman–Crippen MR) is 46.6 cm³/mol. The van der Waals surface area contributed by atoms with Crippen LogP contribution in [0.5, 0.6) is 0 Å². The minimum absolute atomic E-state index is 0.0891. The van der Waals surface area contributed by atoms with Crippen LogP contribution in [0.25, 0.3) is 0 Å². The first kappa shape index (κ1) is 10.2. The molecule has 0 spiro atoms. The maximum atomic E-state index is 13.3. The van der Waals surface area contributed by atoms with Gasteiger partial charge in [-0.2, -0.15) is 0 Å². The number of carbonyl (C=O) groups excluding carboxylic acids is 1. The fourth-order valence-corrected chi connectivity index (χ4v) is 1.11. The number of hydrogen-bond acceptors (Lipinski definition) is 2. The molecule has 0 aliphatic carbocycles. The van der Waals surface area contributed by atoms with Crippen molar-refractivity contribution in [1.29, 1.82) is 0 Å². The van der Waals surface area contributed by atoms with Gasteiger partial charge in [0.15, 0.2) is 0 Å². The number of nitrogens with two attached hydrogens (primary N) is 1. The topological polar surface area (TPSA) is 80.4 Å². The van der Waals surface area contributed by atoms with Crippen molar-refractivity contribution in [2.45, 2.75) is 6.92 Å². The minimum Gasteiger partial charge on any atom is -0.478 e. The number of primary amides is 1. The molecule has 3 N–H and O–H groups in total. The van der Waals surface area contributed by atoms with E-state index in [0.717, 1.165) is 12.1 Å². The molecule has 1 aromatic carbocycles. The first-order valence-electron chi connectivity index (χ1n) is 3.77. The van der Waals surface area contributed by atoms with Crippen LogP contribution in [-0.2, 0) is 0 Å². The Bertz CT molecular complexity index is 376. The van der Waals surface area contributed by atoms with Gasteiger partial charge in [0.25, 0.3) is 5.91 Å². The van der Waals surface area contributed by atoms with Gasteiger partial charge < -0.3 is 10.8 Å². The standard InChI is InChI=1S/C9H8FNO3/c1-4-5(9(13)14)2-3-6(7(4)10)8(11)12/h2-3H,1H3,(H2,11,12)(H,13,14). The average molecular weight is 197 g/mol. The van der Waals surface area contributed by atoms with Crippen LogP contribution in [0.2, 0.25) is 0 Å². The zero-order valence-electron chi connectivity index (χ0n) is 7.37. The minimum atomic E-state index is -1.24. The summed E-state index contributed by atoms with van der Waals surface area (Å²) >= 11 is 0. The number of hydrogen-bond donors (Lipinski definition) is 2. The Morgan fingerprint density at radius 3 is 2.29 bits per heavy atom. The van der Waals surface area contributed by atoms with Gasteiger partial charge in [0.2, 0.25) is 0 Å². The molecule has 74 valence electrons. The second kappa shape index (κ2) is 3.45. The Balaban J connectivity index is 3.41. The van der Waals surface area contributed by atoms with Gasteiger partial charge in [-0.15, -0.1) is 0 Å². The van der Waals surface area contributed by atoms with Crippen molar-refractivity contribution in [2.75, 3.05) is 0 Å². The molecule has 0 aromatic heterocycles. The number of rotatable bonds is 2. The Morgan fingerprint density at radius 2 is 1.86 bits per heavy atom. The number of amides is 1. The van der Waals surface area contributed by atoms with Crippen LogP contribution < -0.4 is 5.73 Å². The lowest BCUT2D eigenvalue weighted by Gasteiger charge is -2.04. The molecule has 1 rings (SSSR count). The highest BCUT2D eigenvalue weighted by molar-refractivity contribution is 5.96. The Hall–Kier alpha value is -1.91. The summed E-state index contributed by atoms with van der Waals surface area (Å²) in [5.41, 5.74) is 4.32. The number of halogens is 1. The number of benzene rings is 1. The smallest absolute Gasteiger partial charge is 0.336 e. The highest BCUT2D eigenvalue weighted by Gasteiger charge is 2.16. The SMILES string of the molecule is Cc1c(C(=O)O)ccc(C(N)=O)c1F. The van der Waals surface area contributed by atoms with E-state index in [4.69, 9.17) is 10.8 Å². The van der Waals surface area contributed by atoms with Gasteiger partial charge in [-0.1, -0.05) is 0 Å². The molecule has 0 atom stereocenters. The normalized spacial score (nSPS) is 9.86. The van der Waals surface area contributed by atoms with E-state index in [9.17, 15) is 14.0 Å². The second-order valence-corrected chi connectivity index (χ2v) is 2.77. The van der Waals surface area contributed by atoms with Crippen molar-refractivity contribution < 1.29 is 19.1 Å². The summed E-state index contributed by atoms with van der Waals surface area (Å²) in [5.74, 6) is -3.03. The lowest BCUT2D eigenvalue weighted by Crippen LogP contribution is -2.15. The summed E-state index contributed by atoms with van der Waals surface area (Å²) < 4.78 is 13.3. The third-order valence-electron chi connectivity index (χ3n) is 1.88. The molecular weight excluding hydrogens is 189 g/mol. The number of carbonyl (C=O) groups is 2. The molecule has 0 fully saturated rings. The van der Waals surface area contributed by atoms with Crippen LogP contribution in [0.1, 0.15) is 26.3 Å². The molecule has 1 amide bonds. The van der Waals surface area contributed by atoms with Gasteiger partial charge in [0.05, 0.1) is 11.1 Å². The third-order valence-corrected chi connectivity index (χ3v) is 1.88. The van der Waals surface area contributed by atoms with E-state index in [2.05, 4.69) is 0 Å². The molecule has 5 heteroatoms. The first-order chi connectivity index (χ1) is 6.45. The fourth-order valence-electron chi connectivity index (χ4n) is 1.11. The van der Waals surface area contributed by atoms with E-state index < -0.39 is 17.7 Å². The predicted octanol–water partition coefficient (Wildman–Crippen LogP) is 0.931. The zero-order valence-corrected chi connectivity index (χ0v) is 7.37. The lowest BCUT2D eigenvalue weighted by atomic mass is 10.0. The van der Waals surface area contributed by atoms with Crippen LogP contribution in [0.15, 0.2) is 12.1 Å². The molecule has 0 saturated carbocycles. The maximum absolute atomic E-state index is 13.3. The van der Waals surface area contributed by atoms with Gasteiger partial charge in [-0.05, 0) is 19.1 Å². The largest absolute Gasteiger partial charge is 0.478 e. The van der Waals surface area contributed by atoms with E-state index in [0.29, 0.717) is 0 Å². The van der Waals surface area contributed by atoms with E-state index in [1.807, 2.05) is 0 Å². The molecule has 4 nitrogen and oxygen atoms in total. The molecule has 1 aromatic rings. The van der Waals surface area contributed by atoms with Gasteiger partial charge in [0, 0.05) is 5.56 Å². The monoisotopic (exact) mass is 197 g/mol. The highest BCUT2D eigenvalue weighted by Crippen LogP contribution is 2.16. The van der Waals surface area contributed by atoms with Crippen molar-refractivity contribution in [3.8, 4) is 0 Å². The van der Waals surface area contributed by atoms with Gasteiger partial charge in [-0.3, -0.25) is 4.79 Å². The van der Waals surface area contributed by atoms with Crippen LogP contribution >= 0.6 is 0 Å². The van der Waals surface area contributed by atoms with E-state index in [1.165, 1.54) is 6.92 Å². The van der Waals surface area contributed by atoms with E-state index in [-0.39, 0.29) is 16.7 Å². The molecule has 0 heterocycles. The van der Waals surface area contributed by atoms with Crippen molar-refractivity contribution in [3.05, 3.63) is 34.6 Å².